The van der Waals surface area contributed by atoms with Gasteiger partial charge in [0.1, 0.15) is 0 Å². The van der Waals surface area contributed by atoms with Crippen molar-refractivity contribution in [2.45, 2.75) is 20.8 Å². The molecule has 0 radical (unpaired) electrons. The van der Waals surface area contributed by atoms with Crippen LogP contribution in [0.1, 0.15) is 25.6 Å². The summed E-state index contributed by atoms with van der Waals surface area (Å²) in [6.45, 7) is 8.54. The van der Waals surface area contributed by atoms with Crippen LogP contribution in [-0.4, -0.2) is 13.1 Å². The molecule has 1 N–H and O–H groups in total. The molecule has 0 saturated carbocycles. The summed E-state index contributed by atoms with van der Waals surface area (Å²) in [6.07, 6.45) is 2.24. The second-order valence-electron chi connectivity index (χ2n) is 3.82. The molecule has 1 rings (SSSR count). The fourth-order valence-electron chi connectivity index (χ4n) is 1.28. The third-order valence-electron chi connectivity index (χ3n) is 2.24. The number of halogens is 1. The maximum Gasteiger partial charge on any atom is 0.0519 e. The predicted molar refractivity (Wildman–Crippen MR) is 70.7 cm³/mol. The molecule has 0 atom stereocenters. The smallest absolute Gasteiger partial charge is 0.0519 e. The fourth-order valence-corrected chi connectivity index (χ4v) is 2.32. The molecule has 1 aromatic heterocycles. The summed E-state index contributed by atoms with van der Waals surface area (Å²) in [6, 6.07) is 2.01. The van der Waals surface area contributed by atoms with Crippen molar-refractivity contribution in [2.75, 3.05) is 13.1 Å². The van der Waals surface area contributed by atoms with Gasteiger partial charge in [0, 0.05) is 16.8 Å². The van der Waals surface area contributed by atoms with Gasteiger partial charge in [-0.25, -0.2) is 0 Å². The van der Waals surface area contributed by atoms with E-state index >= 15 is 0 Å². The summed E-state index contributed by atoms with van der Waals surface area (Å²) in [5.41, 5.74) is 1.43. The first kappa shape index (κ1) is 12.8. The zero-order chi connectivity index (χ0) is 11.3. The lowest BCUT2D eigenvalue weighted by atomic mass is 10.0. The molecule has 0 aromatic carbocycles. The maximum absolute atomic E-state index is 5.89. The highest BCUT2D eigenvalue weighted by molar-refractivity contribution is 7.11. The van der Waals surface area contributed by atoms with Gasteiger partial charge in [-0.1, -0.05) is 37.9 Å². The number of hydrogen-bond acceptors (Lipinski definition) is 2. The van der Waals surface area contributed by atoms with Crippen molar-refractivity contribution >= 4 is 29.0 Å². The van der Waals surface area contributed by atoms with Gasteiger partial charge in [0.2, 0.25) is 0 Å². The monoisotopic (exact) mass is 243 g/mol. The quantitative estimate of drug-likeness (QED) is 0.823. The van der Waals surface area contributed by atoms with Gasteiger partial charge < -0.3 is 5.32 Å². The first-order valence-corrected chi connectivity index (χ1v) is 6.54. The molecule has 0 unspecified atom stereocenters. The van der Waals surface area contributed by atoms with Crippen LogP contribution in [0, 0.1) is 5.92 Å². The molecule has 0 aliphatic carbocycles. The van der Waals surface area contributed by atoms with Crippen LogP contribution in [0.2, 0.25) is 5.02 Å². The highest BCUT2D eigenvalue weighted by atomic mass is 35.5. The van der Waals surface area contributed by atoms with Gasteiger partial charge in [-0.15, -0.1) is 11.3 Å². The van der Waals surface area contributed by atoms with E-state index in [1.54, 1.807) is 11.3 Å². The van der Waals surface area contributed by atoms with Crippen LogP contribution in [0.3, 0.4) is 0 Å². The summed E-state index contributed by atoms with van der Waals surface area (Å²) >= 11 is 7.59. The number of thiophene rings is 1. The molecular weight excluding hydrogens is 226 g/mol. The summed E-state index contributed by atoms with van der Waals surface area (Å²) in [5.74, 6) is 0.574. The minimum absolute atomic E-state index is 0.574. The predicted octanol–water partition coefficient (Wildman–Crippen LogP) is 4.05. The van der Waals surface area contributed by atoms with E-state index in [-0.39, 0.29) is 0 Å². The van der Waals surface area contributed by atoms with Crippen LogP contribution in [0.25, 0.3) is 6.08 Å². The molecule has 15 heavy (non-hydrogen) atoms. The van der Waals surface area contributed by atoms with Crippen molar-refractivity contribution in [1.29, 1.82) is 0 Å². The van der Waals surface area contributed by atoms with E-state index in [1.807, 2.05) is 11.4 Å². The highest BCUT2D eigenvalue weighted by Crippen LogP contribution is 2.23. The van der Waals surface area contributed by atoms with Crippen molar-refractivity contribution in [2.24, 2.45) is 5.92 Å². The second-order valence-corrected chi connectivity index (χ2v) is 5.20. The molecule has 84 valence electrons. The molecule has 0 saturated heterocycles. The van der Waals surface area contributed by atoms with Crippen molar-refractivity contribution in [1.82, 2.24) is 5.32 Å². The van der Waals surface area contributed by atoms with Gasteiger partial charge in [-0.2, -0.15) is 0 Å². The molecule has 3 heteroatoms. The standard InChI is InChI=1S/C12H18ClNS/c1-4-14-7-10(9(2)3)5-12-6-11(13)8-15-12/h5-6,8-9,14H,4,7H2,1-3H3. The Labute approximate surface area is 101 Å². The number of hydrogen-bond donors (Lipinski definition) is 1. The van der Waals surface area contributed by atoms with Gasteiger partial charge in [-0.3, -0.25) is 0 Å². The Morgan fingerprint density at radius 2 is 2.33 bits per heavy atom. The Kier molecular flexibility index (Phi) is 5.37. The molecule has 0 fully saturated rings. The first-order valence-electron chi connectivity index (χ1n) is 5.28. The average Bonchev–Trinajstić information content (AvgIpc) is 2.58. The Morgan fingerprint density at radius 3 is 2.80 bits per heavy atom. The summed E-state index contributed by atoms with van der Waals surface area (Å²) < 4.78 is 0. The summed E-state index contributed by atoms with van der Waals surface area (Å²) in [4.78, 5) is 1.24. The maximum atomic E-state index is 5.89. The van der Waals surface area contributed by atoms with E-state index < -0.39 is 0 Å². The van der Waals surface area contributed by atoms with Crippen molar-refractivity contribution in [3.8, 4) is 0 Å². The molecule has 1 heterocycles. The summed E-state index contributed by atoms with van der Waals surface area (Å²) in [7, 11) is 0. The molecule has 0 aliphatic heterocycles. The number of nitrogens with one attached hydrogen (secondary N) is 1. The Bertz CT molecular complexity index is 328. The van der Waals surface area contributed by atoms with Crippen LogP contribution >= 0.6 is 22.9 Å². The van der Waals surface area contributed by atoms with Gasteiger partial charge in [-0.05, 0) is 24.6 Å². The van der Waals surface area contributed by atoms with Crippen LogP contribution in [0.15, 0.2) is 17.0 Å². The Balaban J connectivity index is 2.74. The summed E-state index contributed by atoms with van der Waals surface area (Å²) in [5, 5.41) is 6.16. The van der Waals surface area contributed by atoms with E-state index in [1.165, 1.54) is 10.5 Å². The lowest BCUT2D eigenvalue weighted by Gasteiger charge is -2.11. The Hall–Kier alpha value is -0.310. The molecule has 1 aromatic rings. The Morgan fingerprint density at radius 1 is 1.60 bits per heavy atom. The fraction of sp³-hybridized carbons (Fsp3) is 0.500. The molecule has 0 spiro atoms. The highest BCUT2D eigenvalue weighted by Gasteiger charge is 2.03. The van der Waals surface area contributed by atoms with Crippen LogP contribution < -0.4 is 5.32 Å². The van der Waals surface area contributed by atoms with Gasteiger partial charge in [0.05, 0.1) is 5.02 Å². The van der Waals surface area contributed by atoms with Gasteiger partial charge in [0.25, 0.3) is 0 Å². The van der Waals surface area contributed by atoms with E-state index in [9.17, 15) is 0 Å². The zero-order valence-corrected chi connectivity index (χ0v) is 11.1. The lowest BCUT2D eigenvalue weighted by Crippen LogP contribution is -2.18. The van der Waals surface area contributed by atoms with Crippen LogP contribution in [0.5, 0.6) is 0 Å². The van der Waals surface area contributed by atoms with Gasteiger partial charge >= 0.3 is 0 Å². The molecule has 0 aliphatic rings. The largest absolute Gasteiger partial charge is 0.313 e. The molecule has 0 bridgehead atoms. The minimum Gasteiger partial charge on any atom is -0.313 e. The lowest BCUT2D eigenvalue weighted by molar-refractivity contribution is 0.683. The SMILES string of the molecule is CCNCC(=Cc1cc(Cl)cs1)C(C)C. The van der Waals surface area contributed by atoms with E-state index in [2.05, 4.69) is 32.2 Å². The molecular formula is C12H18ClNS. The third-order valence-corrected chi connectivity index (χ3v) is 3.46. The van der Waals surface area contributed by atoms with Crippen molar-refractivity contribution in [3.05, 3.63) is 26.9 Å². The van der Waals surface area contributed by atoms with Crippen molar-refractivity contribution < 1.29 is 0 Å². The molecule has 1 nitrogen and oxygen atoms in total. The zero-order valence-electron chi connectivity index (χ0n) is 9.51. The van der Waals surface area contributed by atoms with Crippen molar-refractivity contribution in [3.63, 3.8) is 0 Å². The normalized spacial score (nSPS) is 12.5. The average molecular weight is 244 g/mol. The second kappa shape index (κ2) is 6.31. The number of rotatable bonds is 5. The topological polar surface area (TPSA) is 12.0 Å². The van der Waals surface area contributed by atoms with E-state index in [0.29, 0.717) is 5.92 Å². The molecule has 0 amide bonds. The van der Waals surface area contributed by atoms with Gasteiger partial charge in [0.15, 0.2) is 0 Å². The van der Waals surface area contributed by atoms with E-state index in [0.717, 1.165) is 18.1 Å². The third kappa shape index (κ3) is 4.37. The van der Waals surface area contributed by atoms with E-state index in [4.69, 9.17) is 11.6 Å². The van der Waals surface area contributed by atoms with Crippen LogP contribution in [-0.2, 0) is 0 Å². The van der Waals surface area contributed by atoms with Crippen LogP contribution in [0.4, 0.5) is 0 Å². The number of likely N-dealkylation sites (N-methyl/N-ethyl adjacent to an activating group) is 1. The first-order chi connectivity index (χ1) is 7.13. The minimum atomic E-state index is 0.574.